The molecular weight excluding hydrogens is 258 g/mol. The van der Waals surface area contributed by atoms with Crippen LogP contribution in [0.25, 0.3) is 0 Å². The topological polar surface area (TPSA) is 41.3 Å². The number of nitrogen functional groups attached to an aromatic ring is 1. The number of nitrogens with two attached hydrogens (primary N) is 1. The minimum Gasteiger partial charge on any atom is -0.397 e. The molecule has 0 saturated heterocycles. The number of anilines is 4. The van der Waals surface area contributed by atoms with E-state index in [0.29, 0.717) is 10.7 Å². The molecule has 0 bridgehead atoms. The van der Waals surface area contributed by atoms with Gasteiger partial charge in [-0.05, 0) is 42.8 Å². The lowest BCUT2D eigenvalue weighted by atomic mass is 10.1. The first-order valence-corrected chi connectivity index (χ1v) is 6.45. The summed E-state index contributed by atoms with van der Waals surface area (Å²) >= 11 is 5.89. The van der Waals surface area contributed by atoms with Crippen LogP contribution < -0.4 is 16.0 Å². The van der Waals surface area contributed by atoms with Gasteiger partial charge in [-0.2, -0.15) is 0 Å². The highest BCUT2D eigenvalue weighted by Crippen LogP contribution is 2.29. The van der Waals surface area contributed by atoms with E-state index in [9.17, 15) is 0 Å². The van der Waals surface area contributed by atoms with Gasteiger partial charge >= 0.3 is 0 Å². The summed E-state index contributed by atoms with van der Waals surface area (Å²) in [5.74, 6) is 0. The van der Waals surface area contributed by atoms with Crippen molar-refractivity contribution in [3.63, 3.8) is 0 Å². The number of hydrogen-bond acceptors (Lipinski definition) is 3. The molecule has 0 aliphatic heterocycles. The van der Waals surface area contributed by atoms with Crippen molar-refractivity contribution in [3.8, 4) is 0 Å². The number of benzene rings is 2. The molecule has 0 aromatic heterocycles. The highest BCUT2D eigenvalue weighted by atomic mass is 35.5. The van der Waals surface area contributed by atoms with Crippen molar-refractivity contribution >= 4 is 34.4 Å². The third kappa shape index (κ3) is 3.12. The van der Waals surface area contributed by atoms with E-state index in [-0.39, 0.29) is 0 Å². The van der Waals surface area contributed by atoms with Crippen LogP contribution in [0.2, 0.25) is 5.02 Å². The molecule has 2 aromatic rings. The van der Waals surface area contributed by atoms with Crippen molar-refractivity contribution < 1.29 is 0 Å². The van der Waals surface area contributed by atoms with Crippen molar-refractivity contribution in [2.45, 2.75) is 6.92 Å². The lowest BCUT2D eigenvalue weighted by Crippen LogP contribution is -2.10. The maximum absolute atomic E-state index is 5.94. The van der Waals surface area contributed by atoms with E-state index in [4.69, 9.17) is 17.3 Å². The molecule has 0 aliphatic rings. The Kier molecular flexibility index (Phi) is 3.86. The summed E-state index contributed by atoms with van der Waals surface area (Å²) in [5, 5.41) is 3.95. The number of nitrogens with zero attached hydrogens (tertiary/aromatic N) is 1. The SMILES string of the molecule is Cc1ccc(Nc2ccc(Cl)cc2N)cc1N(C)C. The number of nitrogens with one attached hydrogen (secondary N) is 1. The number of halogens is 1. The van der Waals surface area contributed by atoms with Crippen LogP contribution >= 0.6 is 11.6 Å². The van der Waals surface area contributed by atoms with Gasteiger partial charge in [-0.25, -0.2) is 0 Å². The van der Waals surface area contributed by atoms with Crippen molar-refractivity contribution in [1.29, 1.82) is 0 Å². The molecule has 2 rings (SSSR count). The van der Waals surface area contributed by atoms with Gasteiger partial charge in [0.15, 0.2) is 0 Å². The fraction of sp³-hybridized carbons (Fsp3) is 0.200. The van der Waals surface area contributed by atoms with Gasteiger partial charge in [0, 0.05) is 30.5 Å². The average Bonchev–Trinajstić information content (AvgIpc) is 2.34. The van der Waals surface area contributed by atoms with E-state index in [1.54, 1.807) is 6.07 Å². The third-order valence-electron chi connectivity index (χ3n) is 2.98. The first-order valence-electron chi connectivity index (χ1n) is 6.07. The fourth-order valence-electron chi connectivity index (χ4n) is 1.97. The van der Waals surface area contributed by atoms with Crippen molar-refractivity contribution in [3.05, 3.63) is 47.0 Å². The minimum atomic E-state index is 0.638. The smallest absolute Gasteiger partial charge is 0.0618 e. The zero-order valence-electron chi connectivity index (χ0n) is 11.4. The summed E-state index contributed by atoms with van der Waals surface area (Å²) < 4.78 is 0. The molecule has 0 atom stereocenters. The Hall–Kier alpha value is -1.87. The third-order valence-corrected chi connectivity index (χ3v) is 3.22. The van der Waals surface area contributed by atoms with Gasteiger partial charge in [-0.3, -0.25) is 0 Å². The van der Waals surface area contributed by atoms with Gasteiger partial charge in [0.2, 0.25) is 0 Å². The molecule has 0 fully saturated rings. The minimum absolute atomic E-state index is 0.638. The van der Waals surface area contributed by atoms with E-state index in [1.165, 1.54) is 11.3 Å². The molecule has 100 valence electrons. The van der Waals surface area contributed by atoms with E-state index in [1.807, 2.05) is 32.3 Å². The quantitative estimate of drug-likeness (QED) is 0.831. The predicted molar refractivity (Wildman–Crippen MR) is 84.7 cm³/mol. The second-order valence-electron chi connectivity index (χ2n) is 4.75. The Morgan fingerprint density at radius 3 is 2.47 bits per heavy atom. The van der Waals surface area contributed by atoms with E-state index < -0.39 is 0 Å². The summed E-state index contributed by atoms with van der Waals surface area (Å²) in [6.45, 7) is 2.09. The normalized spacial score (nSPS) is 10.3. The van der Waals surface area contributed by atoms with Crippen molar-refractivity contribution in [1.82, 2.24) is 0 Å². The fourth-order valence-corrected chi connectivity index (χ4v) is 2.15. The van der Waals surface area contributed by atoms with Gasteiger partial charge < -0.3 is 16.0 Å². The largest absolute Gasteiger partial charge is 0.397 e. The van der Waals surface area contributed by atoms with Crippen LogP contribution in [0, 0.1) is 6.92 Å². The van der Waals surface area contributed by atoms with Crippen LogP contribution in [0.5, 0.6) is 0 Å². The zero-order chi connectivity index (χ0) is 14.0. The summed E-state index contributed by atoms with van der Waals surface area (Å²) in [7, 11) is 4.06. The first-order chi connectivity index (χ1) is 8.97. The Morgan fingerprint density at radius 2 is 1.84 bits per heavy atom. The number of hydrogen-bond donors (Lipinski definition) is 2. The second kappa shape index (κ2) is 5.41. The lowest BCUT2D eigenvalue weighted by Gasteiger charge is -2.18. The molecule has 0 amide bonds. The van der Waals surface area contributed by atoms with Gasteiger partial charge in [-0.15, -0.1) is 0 Å². The Bertz CT molecular complexity index is 594. The molecule has 0 radical (unpaired) electrons. The van der Waals surface area contributed by atoms with Crippen LogP contribution in [0.3, 0.4) is 0 Å². The summed E-state index contributed by atoms with van der Waals surface area (Å²) in [4.78, 5) is 2.09. The van der Waals surface area contributed by atoms with E-state index in [0.717, 1.165) is 11.4 Å². The maximum atomic E-state index is 5.94. The summed E-state index contributed by atoms with van der Waals surface area (Å²) in [6, 6.07) is 11.7. The lowest BCUT2D eigenvalue weighted by molar-refractivity contribution is 1.11. The predicted octanol–water partition coefficient (Wildman–Crippen LogP) is 4.04. The highest BCUT2D eigenvalue weighted by Gasteiger charge is 2.04. The molecule has 0 saturated carbocycles. The maximum Gasteiger partial charge on any atom is 0.0618 e. The van der Waals surface area contributed by atoms with Crippen LogP contribution in [0.15, 0.2) is 36.4 Å². The Morgan fingerprint density at radius 1 is 1.11 bits per heavy atom. The van der Waals surface area contributed by atoms with Crippen LogP contribution in [-0.4, -0.2) is 14.1 Å². The van der Waals surface area contributed by atoms with Crippen LogP contribution in [0.1, 0.15) is 5.56 Å². The van der Waals surface area contributed by atoms with Crippen molar-refractivity contribution in [2.75, 3.05) is 30.0 Å². The molecule has 0 spiro atoms. The average molecular weight is 276 g/mol. The monoisotopic (exact) mass is 275 g/mol. The molecule has 0 heterocycles. The van der Waals surface area contributed by atoms with Gasteiger partial charge in [0.05, 0.1) is 11.4 Å². The van der Waals surface area contributed by atoms with Gasteiger partial charge in [0.25, 0.3) is 0 Å². The molecule has 3 nitrogen and oxygen atoms in total. The summed E-state index contributed by atoms with van der Waals surface area (Å²) in [5.41, 5.74) is 10.9. The molecular formula is C15H18ClN3. The molecule has 4 heteroatoms. The van der Waals surface area contributed by atoms with Crippen molar-refractivity contribution in [2.24, 2.45) is 0 Å². The van der Waals surface area contributed by atoms with E-state index >= 15 is 0 Å². The number of aryl methyl sites for hydroxylation is 1. The van der Waals surface area contributed by atoms with Gasteiger partial charge in [-0.1, -0.05) is 17.7 Å². The van der Waals surface area contributed by atoms with Gasteiger partial charge in [0.1, 0.15) is 0 Å². The Labute approximate surface area is 119 Å². The first kappa shape index (κ1) is 13.6. The standard InChI is InChI=1S/C15H18ClN3/c1-10-4-6-12(9-15(10)19(2)3)18-14-7-5-11(16)8-13(14)17/h4-9,18H,17H2,1-3H3. The molecule has 0 unspecified atom stereocenters. The van der Waals surface area contributed by atoms with Crippen LogP contribution in [0.4, 0.5) is 22.7 Å². The number of rotatable bonds is 3. The summed E-state index contributed by atoms with van der Waals surface area (Å²) in [6.07, 6.45) is 0. The highest BCUT2D eigenvalue weighted by molar-refractivity contribution is 6.31. The van der Waals surface area contributed by atoms with Crippen LogP contribution in [-0.2, 0) is 0 Å². The van der Waals surface area contributed by atoms with E-state index in [2.05, 4.69) is 29.3 Å². The second-order valence-corrected chi connectivity index (χ2v) is 5.19. The zero-order valence-corrected chi connectivity index (χ0v) is 12.1. The Balaban J connectivity index is 2.31. The molecule has 0 aliphatic carbocycles. The molecule has 19 heavy (non-hydrogen) atoms. The molecule has 2 aromatic carbocycles. The molecule has 3 N–H and O–H groups in total.